The van der Waals surface area contributed by atoms with Crippen molar-refractivity contribution >= 4 is 11.7 Å². The zero-order chi connectivity index (χ0) is 24.9. The monoisotopic (exact) mass is 488 g/mol. The van der Waals surface area contributed by atoms with E-state index in [0.29, 0.717) is 23.4 Å². The number of nitrogens with one attached hydrogen (secondary N) is 2. The van der Waals surface area contributed by atoms with E-state index in [1.807, 2.05) is 5.32 Å². The van der Waals surface area contributed by atoms with Crippen molar-refractivity contribution < 1.29 is 40.3 Å². The van der Waals surface area contributed by atoms with Gasteiger partial charge in [0, 0.05) is 17.3 Å². The molecular weight excluding hydrogens is 473 g/mol. The van der Waals surface area contributed by atoms with Crippen molar-refractivity contribution in [2.24, 2.45) is 0 Å². The van der Waals surface area contributed by atoms with Gasteiger partial charge in [0.1, 0.15) is 12.4 Å². The number of carbonyl (C=O) groups excluding carboxylic acids is 1. The van der Waals surface area contributed by atoms with Crippen LogP contribution in [0.15, 0.2) is 54.6 Å². The molecule has 2 amide bonds. The molecule has 0 atom stereocenters. The summed E-state index contributed by atoms with van der Waals surface area (Å²) in [7, 11) is 0. The number of carbonyl (C=O) groups is 1. The van der Waals surface area contributed by atoms with Crippen molar-refractivity contribution in [3.63, 3.8) is 0 Å². The van der Waals surface area contributed by atoms with Gasteiger partial charge in [-0.3, -0.25) is 0 Å². The minimum absolute atomic E-state index is 0.0423. The number of alkyl halides is 6. The van der Waals surface area contributed by atoms with E-state index in [0.717, 1.165) is 0 Å². The molecule has 0 aliphatic rings. The number of anilines is 1. The van der Waals surface area contributed by atoms with Crippen LogP contribution < -0.4 is 15.4 Å². The van der Waals surface area contributed by atoms with Crippen LogP contribution in [-0.4, -0.2) is 29.4 Å². The SMILES string of the molecule is O=C(NCCOc1ccc(-c2ccc(F)cc2)nn1)Nc1cc(C(F)(F)F)cc(C(F)(F)F)c1. The first-order valence-electron chi connectivity index (χ1n) is 9.48. The standard InChI is InChI=1S/C21H15F7N4O2/c22-15-3-1-12(2-4-15)17-5-6-18(32-31-17)34-8-7-29-19(33)30-16-10-13(20(23,24)25)9-14(11-16)21(26,27)28/h1-6,9-11H,7-8H2,(H2,29,30,33). The van der Waals surface area contributed by atoms with Crippen LogP contribution in [0.2, 0.25) is 0 Å². The van der Waals surface area contributed by atoms with Crippen molar-refractivity contribution in [1.29, 1.82) is 0 Å². The predicted octanol–water partition coefficient (Wildman–Crippen LogP) is 5.52. The van der Waals surface area contributed by atoms with Crippen LogP contribution in [0, 0.1) is 5.82 Å². The van der Waals surface area contributed by atoms with Gasteiger partial charge in [-0.25, -0.2) is 9.18 Å². The number of ether oxygens (including phenoxy) is 1. The van der Waals surface area contributed by atoms with Gasteiger partial charge in [0.2, 0.25) is 5.88 Å². The van der Waals surface area contributed by atoms with Crippen LogP contribution in [-0.2, 0) is 12.4 Å². The Labute approximate surface area is 187 Å². The largest absolute Gasteiger partial charge is 0.475 e. The lowest BCUT2D eigenvalue weighted by molar-refractivity contribution is -0.143. The number of nitrogens with zero attached hydrogens (tertiary/aromatic N) is 2. The van der Waals surface area contributed by atoms with Gasteiger partial charge in [-0.15, -0.1) is 10.2 Å². The number of benzene rings is 2. The second-order valence-electron chi connectivity index (χ2n) is 6.79. The van der Waals surface area contributed by atoms with Gasteiger partial charge in [0.25, 0.3) is 0 Å². The number of hydrogen-bond donors (Lipinski definition) is 2. The number of halogens is 7. The molecule has 180 valence electrons. The number of amides is 2. The number of rotatable bonds is 6. The van der Waals surface area contributed by atoms with E-state index < -0.39 is 41.0 Å². The average molecular weight is 488 g/mol. The van der Waals surface area contributed by atoms with Crippen LogP contribution in [0.5, 0.6) is 5.88 Å². The Morgan fingerprint density at radius 2 is 1.47 bits per heavy atom. The summed E-state index contributed by atoms with van der Waals surface area (Å²) < 4.78 is 95.5. The first-order valence-corrected chi connectivity index (χ1v) is 9.48. The van der Waals surface area contributed by atoms with Crippen molar-refractivity contribution in [1.82, 2.24) is 15.5 Å². The molecule has 1 heterocycles. The summed E-state index contributed by atoms with van der Waals surface area (Å²) in [6.45, 7) is -0.257. The lowest BCUT2D eigenvalue weighted by Crippen LogP contribution is -2.32. The molecule has 0 radical (unpaired) electrons. The zero-order valence-corrected chi connectivity index (χ0v) is 17.0. The normalized spacial score (nSPS) is 11.7. The second-order valence-corrected chi connectivity index (χ2v) is 6.79. The first-order chi connectivity index (χ1) is 15.9. The summed E-state index contributed by atoms with van der Waals surface area (Å²) in [6.07, 6.45) is -10.1. The molecule has 0 bridgehead atoms. The Bertz CT molecular complexity index is 1100. The number of hydrogen-bond acceptors (Lipinski definition) is 4. The Hall–Kier alpha value is -3.90. The minimum atomic E-state index is -5.03. The van der Waals surface area contributed by atoms with Crippen LogP contribution in [0.1, 0.15) is 11.1 Å². The Kier molecular flexibility index (Phi) is 7.23. The first kappa shape index (κ1) is 24.7. The molecule has 1 aromatic heterocycles. The Balaban J connectivity index is 1.52. The fourth-order valence-electron chi connectivity index (χ4n) is 2.69. The van der Waals surface area contributed by atoms with Gasteiger partial charge in [-0.05, 0) is 48.5 Å². The van der Waals surface area contributed by atoms with Crippen molar-refractivity contribution in [3.8, 4) is 17.1 Å². The maximum atomic E-state index is 13.0. The maximum absolute atomic E-state index is 13.0. The third kappa shape index (κ3) is 6.80. The lowest BCUT2D eigenvalue weighted by atomic mass is 10.1. The van der Waals surface area contributed by atoms with Gasteiger partial charge < -0.3 is 15.4 Å². The van der Waals surface area contributed by atoms with Gasteiger partial charge in [-0.2, -0.15) is 26.3 Å². The molecule has 6 nitrogen and oxygen atoms in total. The zero-order valence-electron chi connectivity index (χ0n) is 17.0. The summed E-state index contributed by atoms with van der Waals surface area (Å²) in [6, 6.07) is 8.33. The molecule has 0 fully saturated rings. The van der Waals surface area contributed by atoms with E-state index in [1.165, 1.54) is 30.3 Å². The lowest BCUT2D eigenvalue weighted by Gasteiger charge is -2.15. The van der Waals surface area contributed by atoms with Crippen LogP contribution in [0.3, 0.4) is 0 Å². The molecule has 0 saturated heterocycles. The summed E-state index contributed by atoms with van der Waals surface area (Å²) >= 11 is 0. The van der Waals surface area contributed by atoms with Crippen molar-refractivity contribution in [2.45, 2.75) is 12.4 Å². The molecule has 0 saturated carbocycles. The molecule has 2 aromatic carbocycles. The summed E-state index contributed by atoms with van der Waals surface area (Å²) in [5.74, 6) is -0.303. The molecule has 0 aliphatic heterocycles. The average Bonchev–Trinajstić information content (AvgIpc) is 2.76. The molecule has 2 N–H and O–H groups in total. The summed E-state index contributed by atoms with van der Waals surface area (Å²) in [5.41, 5.74) is -2.69. The van der Waals surface area contributed by atoms with Gasteiger partial charge >= 0.3 is 18.4 Å². The minimum Gasteiger partial charge on any atom is -0.475 e. The number of aromatic nitrogens is 2. The smallest absolute Gasteiger partial charge is 0.416 e. The summed E-state index contributed by atoms with van der Waals surface area (Å²) in [5, 5.41) is 11.9. The highest BCUT2D eigenvalue weighted by atomic mass is 19.4. The molecule has 0 spiro atoms. The van der Waals surface area contributed by atoms with Crippen LogP contribution in [0.25, 0.3) is 11.3 Å². The molecule has 3 rings (SSSR count). The highest BCUT2D eigenvalue weighted by Gasteiger charge is 2.37. The van der Waals surface area contributed by atoms with Gasteiger partial charge in [0.15, 0.2) is 0 Å². The van der Waals surface area contributed by atoms with Crippen LogP contribution >= 0.6 is 0 Å². The Morgan fingerprint density at radius 3 is 2.00 bits per heavy atom. The Morgan fingerprint density at radius 1 is 0.853 bits per heavy atom. The number of urea groups is 1. The molecule has 34 heavy (non-hydrogen) atoms. The molecule has 13 heteroatoms. The topological polar surface area (TPSA) is 76.1 Å². The summed E-state index contributed by atoms with van der Waals surface area (Å²) in [4.78, 5) is 11.9. The molecule has 3 aromatic rings. The second kappa shape index (κ2) is 9.93. The van der Waals surface area contributed by atoms with E-state index >= 15 is 0 Å². The fourth-order valence-corrected chi connectivity index (χ4v) is 2.69. The van der Waals surface area contributed by atoms with Crippen LogP contribution in [0.4, 0.5) is 41.2 Å². The van der Waals surface area contributed by atoms with Gasteiger partial charge in [0.05, 0.1) is 23.4 Å². The highest BCUT2D eigenvalue weighted by molar-refractivity contribution is 5.89. The maximum Gasteiger partial charge on any atom is 0.416 e. The molecule has 0 aliphatic carbocycles. The molecule has 0 unspecified atom stereocenters. The fraction of sp³-hybridized carbons (Fsp3) is 0.190. The quantitative estimate of drug-likeness (QED) is 0.354. The third-order valence-electron chi connectivity index (χ3n) is 4.26. The van der Waals surface area contributed by atoms with E-state index in [1.54, 1.807) is 6.07 Å². The van der Waals surface area contributed by atoms with E-state index in [-0.39, 0.29) is 25.1 Å². The highest BCUT2D eigenvalue weighted by Crippen LogP contribution is 2.37. The van der Waals surface area contributed by atoms with E-state index in [4.69, 9.17) is 4.74 Å². The van der Waals surface area contributed by atoms with E-state index in [9.17, 15) is 35.5 Å². The predicted molar refractivity (Wildman–Crippen MR) is 106 cm³/mol. The van der Waals surface area contributed by atoms with Gasteiger partial charge in [-0.1, -0.05) is 0 Å². The molecular formula is C21H15F7N4O2. The van der Waals surface area contributed by atoms with Crippen molar-refractivity contribution in [2.75, 3.05) is 18.5 Å². The van der Waals surface area contributed by atoms with E-state index in [2.05, 4.69) is 15.5 Å². The third-order valence-corrected chi connectivity index (χ3v) is 4.26. The van der Waals surface area contributed by atoms with Crippen molar-refractivity contribution in [3.05, 3.63) is 71.5 Å².